The van der Waals surface area contributed by atoms with Gasteiger partial charge in [-0.25, -0.2) is 12.7 Å². The van der Waals surface area contributed by atoms with Gasteiger partial charge in [-0.15, -0.1) is 0 Å². The van der Waals surface area contributed by atoms with Crippen LogP contribution in [0.5, 0.6) is 0 Å². The van der Waals surface area contributed by atoms with E-state index in [-0.39, 0.29) is 23.5 Å². The Bertz CT molecular complexity index is 741. The fourth-order valence-corrected chi connectivity index (χ4v) is 3.98. The van der Waals surface area contributed by atoms with Crippen LogP contribution in [0.4, 0.5) is 5.69 Å². The smallest absolute Gasteiger partial charge is 0.325 e. The topological polar surface area (TPSA) is 110 Å². The van der Waals surface area contributed by atoms with Gasteiger partial charge in [0.25, 0.3) is 5.91 Å². The van der Waals surface area contributed by atoms with Crippen LogP contribution in [0.3, 0.4) is 0 Å². The first-order chi connectivity index (χ1) is 10.8. The van der Waals surface area contributed by atoms with Crippen LogP contribution >= 0.6 is 0 Å². The zero-order valence-corrected chi connectivity index (χ0v) is 13.4. The van der Waals surface area contributed by atoms with Crippen molar-refractivity contribution in [3.63, 3.8) is 0 Å². The number of amides is 2. The van der Waals surface area contributed by atoms with Crippen molar-refractivity contribution in [3.05, 3.63) is 29.8 Å². The third-order valence-electron chi connectivity index (χ3n) is 3.35. The van der Waals surface area contributed by atoms with Gasteiger partial charge in [-0.1, -0.05) is 6.92 Å². The van der Waals surface area contributed by atoms with Gasteiger partial charge in [0.1, 0.15) is 6.54 Å². The molecule has 1 saturated heterocycles. The van der Waals surface area contributed by atoms with Gasteiger partial charge in [-0.05, 0) is 24.3 Å². The summed E-state index contributed by atoms with van der Waals surface area (Å²) in [4.78, 5) is 34.8. The second kappa shape index (κ2) is 6.37. The van der Waals surface area contributed by atoms with E-state index in [0.717, 1.165) is 4.31 Å². The van der Waals surface area contributed by atoms with Crippen LogP contribution in [0, 0.1) is 5.92 Å². The van der Waals surface area contributed by atoms with Gasteiger partial charge in [-0.2, -0.15) is 0 Å². The molecule has 23 heavy (non-hydrogen) atoms. The van der Waals surface area contributed by atoms with Crippen LogP contribution in [0.25, 0.3) is 0 Å². The van der Waals surface area contributed by atoms with E-state index in [1.807, 2.05) is 0 Å². The molecule has 2 amide bonds. The summed E-state index contributed by atoms with van der Waals surface area (Å²) in [5.41, 5.74) is 0.415. The highest BCUT2D eigenvalue weighted by molar-refractivity contribution is 7.94. The predicted octanol–water partition coefficient (Wildman–Crippen LogP) is -0.0981. The van der Waals surface area contributed by atoms with Gasteiger partial charge in [-0.3, -0.25) is 14.4 Å². The largest absolute Gasteiger partial charge is 0.468 e. The van der Waals surface area contributed by atoms with Gasteiger partial charge in [0.05, 0.1) is 24.5 Å². The Kier molecular flexibility index (Phi) is 4.69. The number of esters is 1. The van der Waals surface area contributed by atoms with Crippen LogP contribution in [0.15, 0.2) is 24.3 Å². The molecular formula is C14H16N2O6S. The molecule has 1 atom stereocenters. The minimum absolute atomic E-state index is 0.184. The van der Waals surface area contributed by atoms with Gasteiger partial charge >= 0.3 is 5.97 Å². The van der Waals surface area contributed by atoms with Crippen molar-refractivity contribution in [1.29, 1.82) is 0 Å². The highest BCUT2D eigenvalue weighted by Gasteiger charge is 2.41. The molecule has 124 valence electrons. The van der Waals surface area contributed by atoms with E-state index in [9.17, 15) is 22.8 Å². The fraction of sp³-hybridized carbons (Fsp3) is 0.357. The van der Waals surface area contributed by atoms with Crippen LogP contribution in [-0.2, 0) is 24.3 Å². The van der Waals surface area contributed by atoms with E-state index in [2.05, 4.69) is 10.1 Å². The molecule has 0 saturated carbocycles. The number of hydrogen-bond donors (Lipinski definition) is 1. The Morgan fingerprint density at radius 2 is 1.91 bits per heavy atom. The molecule has 8 nitrogen and oxygen atoms in total. The Morgan fingerprint density at radius 1 is 1.30 bits per heavy atom. The lowest BCUT2D eigenvalue weighted by Crippen LogP contribution is -2.31. The lowest BCUT2D eigenvalue weighted by atomic mass is 10.1. The standard InChI is InChI=1S/C14H16N2O6S/c1-9-8-23(20,21)16(14(9)19)11-5-3-10(4-6-11)13(18)15-7-12(17)22-2/h3-6,9H,7-8H2,1-2H3,(H,15,18). The van der Waals surface area contributed by atoms with E-state index in [1.54, 1.807) is 6.92 Å². The molecule has 1 heterocycles. The average Bonchev–Trinajstić information content (AvgIpc) is 2.72. The number of rotatable bonds is 4. The number of carbonyl (C=O) groups excluding carboxylic acids is 3. The Balaban J connectivity index is 2.15. The number of sulfonamides is 1. The van der Waals surface area contributed by atoms with Gasteiger partial charge in [0.2, 0.25) is 15.9 Å². The number of carbonyl (C=O) groups is 3. The van der Waals surface area contributed by atoms with Crippen LogP contribution in [0.1, 0.15) is 17.3 Å². The minimum atomic E-state index is -3.67. The molecule has 0 aromatic heterocycles. The van der Waals surface area contributed by atoms with Gasteiger partial charge in [0, 0.05) is 5.56 Å². The Hall–Kier alpha value is -2.42. The van der Waals surface area contributed by atoms with Crippen LogP contribution < -0.4 is 9.62 Å². The molecule has 0 bridgehead atoms. The fourth-order valence-electron chi connectivity index (χ4n) is 2.16. The van der Waals surface area contributed by atoms with Crippen molar-refractivity contribution in [3.8, 4) is 0 Å². The first kappa shape index (κ1) is 16.9. The molecule has 1 N–H and O–H groups in total. The van der Waals surface area contributed by atoms with Crippen molar-refractivity contribution in [2.45, 2.75) is 6.92 Å². The zero-order valence-electron chi connectivity index (χ0n) is 12.6. The SMILES string of the molecule is COC(=O)CNC(=O)c1ccc(N2C(=O)C(C)CS2(=O)=O)cc1. The van der Waals surface area contributed by atoms with Gasteiger partial charge < -0.3 is 10.1 Å². The van der Waals surface area contributed by atoms with Crippen molar-refractivity contribution < 1.29 is 27.5 Å². The summed E-state index contributed by atoms with van der Waals surface area (Å²) >= 11 is 0. The average molecular weight is 340 g/mol. The number of nitrogens with one attached hydrogen (secondary N) is 1. The van der Waals surface area contributed by atoms with Gasteiger partial charge in [0.15, 0.2) is 0 Å². The van der Waals surface area contributed by atoms with E-state index >= 15 is 0 Å². The van der Waals surface area contributed by atoms with Crippen molar-refractivity contribution in [2.75, 3.05) is 23.7 Å². The van der Waals surface area contributed by atoms with Crippen LogP contribution in [0.2, 0.25) is 0 Å². The molecule has 1 aliphatic heterocycles. The highest BCUT2D eigenvalue weighted by Crippen LogP contribution is 2.28. The minimum Gasteiger partial charge on any atom is -0.468 e. The molecule has 0 aliphatic carbocycles. The van der Waals surface area contributed by atoms with Crippen LogP contribution in [-0.4, -0.2) is 45.6 Å². The summed E-state index contributed by atoms with van der Waals surface area (Å²) in [5.74, 6) is -2.41. The van der Waals surface area contributed by atoms with E-state index in [0.29, 0.717) is 0 Å². The number of hydrogen-bond acceptors (Lipinski definition) is 6. The summed E-state index contributed by atoms with van der Waals surface area (Å²) in [6.07, 6.45) is 0. The normalized spacial score (nSPS) is 19.5. The first-order valence-electron chi connectivity index (χ1n) is 6.78. The highest BCUT2D eigenvalue weighted by atomic mass is 32.2. The van der Waals surface area contributed by atoms with Crippen molar-refractivity contribution in [1.82, 2.24) is 5.32 Å². The predicted molar refractivity (Wildman–Crippen MR) is 81.2 cm³/mol. The zero-order chi connectivity index (χ0) is 17.2. The number of ether oxygens (including phenoxy) is 1. The van der Waals surface area contributed by atoms with E-state index < -0.39 is 33.7 Å². The third-order valence-corrected chi connectivity index (χ3v) is 5.21. The Morgan fingerprint density at radius 3 is 2.39 bits per heavy atom. The van der Waals surface area contributed by atoms with Crippen molar-refractivity contribution in [2.24, 2.45) is 5.92 Å². The maximum Gasteiger partial charge on any atom is 0.325 e. The lowest BCUT2D eigenvalue weighted by molar-refractivity contribution is -0.139. The summed E-state index contributed by atoms with van der Waals surface area (Å²) in [5, 5.41) is 2.36. The molecule has 1 aromatic rings. The number of nitrogens with zero attached hydrogens (tertiary/aromatic N) is 1. The maximum atomic E-state index is 12.0. The van der Waals surface area contributed by atoms with E-state index in [4.69, 9.17) is 0 Å². The molecule has 2 rings (SSSR count). The molecule has 1 unspecified atom stereocenters. The summed E-state index contributed by atoms with van der Waals surface area (Å²) < 4.78 is 29.1. The van der Waals surface area contributed by atoms with E-state index in [1.165, 1.54) is 31.4 Å². The first-order valence-corrected chi connectivity index (χ1v) is 8.39. The molecule has 1 fully saturated rings. The maximum absolute atomic E-state index is 12.0. The Labute approximate surface area is 133 Å². The summed E-state index contributed by atoms with van der Waals surface area (Å²) in [7, 11) is -2.47. The molecule has 1 aromatic carbocycles. The second-order valence-corrected chi connectivity index (χ2v) is 6.95. The van der Waals surface area contributed by atoms with Crippen molar-refractivity contribution >= 4 is 33.5 Å². The summed E-state index contributed by atoms with van der Waals surface area (Å²) in [6.45, 7) is 1.28. The molecular weight excluding hydrogens is 324 g/mol. The number of methoxy groups -OCH3 is 1. The lowest BCUT2D eigenvalue weighted by Gasteiger charge is -2.15. The molecule has 1 aliphatic rings. The second-order valence-electron chi connectivity index (χ2n) is 5.09. The quantitative estimate of drug-likeness (QED) is 0.767. The molecule has 9 heteroatoms. The number of anilines is 1. The molecule has 0 radical (unpaired) electrons. The third kappa shape index (κ3) is 3.50. The number of benzene rings is 1. The molecule has 0 spiro atoms. The monoisotopic (exact) mass is 340 g/mol. The summed E-state index contributed by atoms with van der Waals surface area (Å²) in [6, 6.07) is 5.52.